The smallest absolute Gasteiger partial charge is 0.306 e. The summed E-state index contributed by atoms with van der Waals surface area (Å²) >= 11 is 0. The first kappa shape index (κ1) is 52.9. The normalized spacial score (nSPS) is 14.7. The number of likely N-dealkylation sites (N-methyl/N-ethyl adjacent to an activating group) is 1. The fourth-order valence-corrected chi connectivity index (χ4v) is 6.22. The molecule has 0 radical (unpaired) electrons. The number of phosphoric acid groups is 1. The largest absolute Gasteiger partial charge is 0.756 e. The standard InChI is InChI=1S/C44H80NO9P/c1-6-8-10-12-14-15-16-17-18-19-23-27-31-35-43(47)51-39-42(40-53-55(49,50)52-38-37-45(3,4)5)54-44(48)36-32-28-24-20-22-26-30-34-41(46)33-29-25-21-13-11-9-7-2/h20-21,24-26,29-30,33,41-42,46H,6-19,22-23,27-28,31-32,34-40H2,1-5H3/b24-20+,25-21-,30-26-,33-29-/t41-,42+/m0/s1. The van der Waals surface area contributed by atoms with E-state index in [1.807, 2.05) is 57.6 Å². The first-order valence-electron chi connectivity index (χ1n) is 21.5. The molecule has 0 amide bonds. The van der Waals surface area contributed by atoms with Gasteiger partial charge in [-0.25, -0.2) is 0 Å². The minimum atomic E-state index is -4.65. The van der Waals surface area contributed by atoms with Gasteiger partial charge in [-0.2, -0.15) is 0 Å². The molecule has 0 spiro atoms. The number of carbonyl (C=O) groups is 2. The summed E-state index contributed by atoms with van der Waals surface area (Å²) in [5, 5.41) is 10.1. The van der Waals surface area contributed by atoms with Gasteiger partial charge in [0.1, 0.15) is 19.8 Å². The van der Waals surface area contributed by atoms with Gasteiger partial charge >= 0.3 is 11.9 Å². The van der Waals surface area contributed by atoms with Crippen molar-refractivity contribution >= 4 is 19.8 Å². The van der Waals surface area contributed by atoms with Crippen LogP contribution >= 0.6 is 7.82 Å². The average molecular weight is 798 g/mol. The molecular formula is C44H80NO9P. The maximum atomic E-state index is 12.6. The van der Waals surface area contributed by atoms with Gasteiger partial charge in [0.05, 0.1) is 33.9 Å². The molecule has 0 aliphatic heterocycles. The molecule has 0 fully saturated rings. The van der Waals surface area contributed by atoms with Crippen LogP contribution in [0.25, 0.3) is 0 Å². The zero-order valence-electron chi connectivity index (χ0n) is 35.5. The predicted octanol–water partition coefficient (Wildman–Crippen LogP) is 10.2. The van der Waals surface area contributed by atoms with Crippen molar-refractivity contribution in [1.29, 1.82) is 0 Å². The number of hydrogen-bond acceptors (Lipinski definition) is 9. The number of rotatable bonds is 38. The number of esters is 2. The zero-order valence-corrected chi connectivity index (χ0v) is 36.4. The minimum Gasteiger partial charge on any atom is -0.756 e. The Kier molecular flexibility index (Phi) is 34.9. The molecule has 0 aromatic rings. The average Bonchev–Trinajstić information content (AvgIpc) is 3.13. The van der Waals surface area contributed by atoms with Crippen molar-refractivity contribution in [3.05, 3.63) is 48.6 Å². The van der Waals surface area contributed by atoms with Gasteiger partial charge in [-0.15, -0.1) is 0 Å². The summed E-state index contributed by atoms with van der Waals surface area (Å²) in [5.74, 6) is -0.942. The minimum absolute atomic E-state index is 0.0530. The van der Waals surface area contributed by atoms with Gasteiger partial charge in [0.25, 0.3) is 7.82 Å². The molecular weight excluding hydrogens is 717 g/mol. The van der Waals surface area contributed by atoms with Crippen LogP contribution in [-0.4, -0.2) is 81.2 Å². The van der Waals surface area contributed by atoms with Gasteiger partial charge in [0, 0.05) is 12.8 Å². The third-order valence-corrected chi connectivity index (χ3v) is 9.90. The SMILES string of the molecule is CCCCC/C=C\C=C/[C@H](O)C/C=C\C/C=C/CCCC(=O)O[C@H](COC(=O)CCCCCCCCCCCCCCC)COP(=O)([O-])OCC[N+](C)(C)C. The van der Waals surface area contributed by atoms with Crippen molar-refractivity contribution in [2.24, 2.45) is 0 Å². The first-order valence-corrected chi connectivity index (χ1v) is 22.9. The van der Waals surface area contributed by atoms with Crippen molar-refractivity contribution < 1.29 is 47.2 Å². The van der Waals surface area contributed by atoms with E-state index in [4.69, 9.17) is 18.5 Å². The number of aliphatic hydroxyl groups is 1. The number of quaternary nitrogens is 1. The highest BCUT2D eigenvalue weighted by atomic mass is 31.2. The molecule has 3 atom stereocenters. The second kappa shape index (κ2) is 36.3. The van der Waals surface area contributed by atoms with Crippen LogP contribution in [0.1, 0.15) is 162 Å². The number of hydrogen-bond donors (Lipinski definition) is 1. The van der Waals surface area contributed by atoms with Crippen molar-refractivity contribution in [3.8, 4) is 0 Å². The highest BCUT2D eigenvalue weighted by Crippen LogP contribution is 2.38. The van der Waals surface area contributed by atoms with E-state index in [2.05, 4.69) is 19.9 Å². The van der Waals surface area contributed by atoms with Crippen LogP contribution in [0, 0.1) is 0 Å². The van der Waals surface area contributed by atoms with Crippen LogP contribution in [0.2, 0.25) is 0 Å². The Morgan fingerprint density at radius 2 is 1.24 bits per heavy atom. The second-order valence-corrected chi connectivity index (χ2v) is 17.0. The topological polar surface area (TPSA) is 131 Å². The van der Waals surface area contributed by atoms with E-state index in [9.17, 15) is 24.2 Å². The Morgan fingerprint density at radius 1 is 0.673 bits per heavy atom. The molecule has 0 heterocycles. The maximum absolute atomic E-state index is 12.6. The number of nitrogens with zero attached hydrogens (tertiary/aromatic N) is 1. The Hall–Kier alpha value is -2.07. The van der Waals surface area contributed by atoms with Crippen molar-refractivity contribution in [1.82, 2.24) is 0 Å². The molecule has 0 aliphatic carbocycles. The Labute approximate surface area is 336 Å². The summed E-state index contributed by atoms with van der Waals surface area (Å²) in [4.78, 5) is 37.4. The number of ether oxygens (including phenoxy) is 2. The molecule has 0 aromatic heterocycles. The van der Waals surface area contributed by atoms with E-state index in [-0.39, 0.29) is 26.1 Å². The maximum Gasteiger partial charge on any atom is 0.306 e. The summed E-state index contributed by atoms with van der Waals surface area (Å²) in [5.41, 5.74) is 0. The quantitative estimate of drug-likeness (QED) is 0.0162. The predicted molar refractivity (Wildman–Crippen MR) is 223 cm³/mol. The first-order chi connectivity index (χ1) is 26.4. The summed E-state index contributed by atoms with van der Waals surface area (Å²) in [6.45, 7) is 4.03. The lowest BCUT2D eigenvalue weighted by atomic mass is 10.0. The summed E-state index contributed by atoms with van der Waals surface area (Å²) in [7, 11) is 1.09. The lowest BCUT2D eigenvalue weighted by Gasteiger charge is -2.28. The number of unbranched alkanes of at least 4 members (excludes halogenated alkanes) is 16. The fraction of sp³-hybridized carbons (Fsp3) is 0.773. The molecule has 1 N–H and O–H groups in total. The molecule has 55 heavy (non-hydrogen) atoms. The van der Waals surface area contributed by atoms with E-state index in [0.29, 0.717) is 43.1 Å². The molecule has 0 rings (SSSR count). The van der Waals surface area contributed by atoms with Crippen LogP contribution in [-0.2, 0) is 32.7 Å². The molecule has 1 unspecified atom stereocenters. The Bertz CT molecular complexity index is 1100. The van der Waals surface area contributed by atoms with E-state index >= 15 is 0 Å². The van der Waals surface area contributed by atoms with Gasteiger partial charge in [-0.3, -0.25) is 14.2 Å². The van der Waals surface area contributed by atoms with Crippen molar-refractivity contribution in [3.63, 3.8) is 0 Å². The second-order valence-electron chi connectivity index (χ2n) is 15.6. The Balaban J connectivity index is 4.54. The number of aliphatic hydroxyl groups excluding tert-OH is 1. The van der Waals surface area contributed by atoms with Crippen LogP contribution in [0.15, 0.2) is 48.6 Å². The van der Waals surface area contributed by atoms with E-state index in [0.717, 1.165) is 19.3 Å². The third-order valence-electron chi connectivity index (χ3n) is 8.93. The van der Waals surface area contributed by atoms with Crippen molar-refractivity contribution in [2.75, 3.05) is 47.5 Å². The van der Waals surface area contributed by atoms with Crippen molar-refractivity contribution in [2.45, 2.75) is 174 Å². The monoisotopic (exact) mass is 798 g/mol. The highest BCUT2D eigenvalue weighted by Gasteiger charge is 2.21. The number of carbonyl (C=O) groups excluding carboxylic acids is 2. The van der Waals surface area contributed by atoms with Crippen LogP contribution in [0.3, 0.4) is 0 Å². The van der Waals surface area contributed by atoms with Crippen LogP contribution in [0.4, 0.5) is 0 Å². The zero-order chi connectivity index (χ0) is 40.9. The highest BCUT2D eigenvalue weighted by molar-refractivity contribution is 7.45. The third kappa shape index (κ3) is 39.9. The van der Waals surface area contributed by atoms with Crippen LogP contribution < -0.4 is 4.89 Å². The van der Waals surface area contributed by atoms with Gasteiger partial charge in [0.2, 0.25) is 0 Å². The molecule has 320 valence electrons. The lowest BCUT2D eigenvalue weighted by Crippen LogP contribution is -2.37. The van der Waals surface area contributed by atoms with Gasteiger partial charge < -0.3 is 33.0 Å². The van der Waals surface area contributed by atoms with Crippen LogP contribution in [0.5, 0.6) is 0 Å². The van der Waals surface area contributed by atoms with E-state index in [1.54, 1.807) is 6.08 Å². The summed E-state index contributed by atoms with van der Waals surface area (Å²) < 4.78 is 33.7. The summed E-state index contributed by atoms with van der Waals surface area (Å²) in [6, 6.07) is 0. The fourth-order valence-electron chi connectivity index (χ4n) is 5.49. The summed E-state index contributed by atoms with van der Waals surface area (Å²) in [6.07, 6.45) is 37.4. The molecule has 10 nitrogen and oxygen atoms in total. The lowest BCUT2D eigenvalue weighted by molar-refractivity contribution is -0.870. The Morgan fingerprint density at radius 3 is 1.87 bits per heavy atom. The molecule has 11 heteroatoms. The van der Waals surface area contributed by atoms with Gasteiger partial charge in [-0.1, -0.05) is 152 Å². The van der Waals surface area contributed by atoms with Gasteiger partial charge in [0.15, 0.2) is 6.10 Å². The molecule has 0 saturated heterocycles. The molecule has 0 saturated carbocycles. The molecule has 0 bridgehead atoms. The number of phosphoric ester groups is 1. The molecule has 0 aliphatic rings. The number of allylic oxidation sites excluding steroid dienone is 6. The van der Waals surface area contributed by atoms with Gasteiger partial charge in [-0.05, 0) is 44.9 Å². The van der Waals surface area contributed by atoms with E-state index < -0.39 is 38.6 Å². The molecule has 0 aromatic carbocycles. The van der Waals surface area contributed by atoms with E-state index in [1.165, 1.54) is 83.5 Å².